The number of benzene rings is 1. The first-order valence-electron chi connectivity index (χ1n) is 5.87. The second kappa shape index (κ2) is 4.03. The van der Waals surface area contributed by atoms with Crippen LogP contribution in [-0.4, -0.2) is 18.2 Å². The Morgan fingerprint density at radius 1 is 1.22 bits per heavy atom. The highest BCUT2D eigenvalue weighted by molar-refractivity contribution is 5.83. The van der Waals surface area contributed by atoms with E-state index in [1.54, 1.807) is 19.1 Å². The Labute approximate surface area is 104 Å². The van der Waals surface area contributed by atoms with E-state index in [9.17, 15) is 4.79 Å². The zero-order valence-electron chi connectivity index (χ0n) is 10.0. The van der Waals surface area contributed by atoms with E-state index in [4.69, 9.17) is 15.2 Å². The SMILES string of the molecule is CC(N)c1cc2cc3c(cc2[nH]c1=O)OCCO3. The fourth-order valence-electron chi connectivity index (χ4n) is 2.10. The zero-order valence-corrected chi connectivity index (χ0v) is 10.0. The average Bonchev–Trinajstić information content (AvgIpc) is 2.35. The van der Waals surface area contributed by atoms with E-state index in [0.717, 1.165) is 10.9 Å². The largest absolute Gasteiger partial charge is 0.486 e. The summed E-state index contributed by atoms with van der Waals surface area (Å²) < 4.78 is 11.0. The standard InChI is InChI=1S/C13H14N2O3/c1-7(14)9-4-8-5-11-12(18-3-2-17-11)6-10(8)15-13(9)16/h4-7H,2-3,14H2,1H3,(H,15,16). The lowest BCUT2D eigenvalue weighted by atomic mass is 10.1. The van der Waals surface area contributed by atoms with E-state index >= 15 is 0 Å². The molecule has 94 valence electrons. The van der Waals surface area contributed by atoms with E-state index in [-0.39, 0.29) is 11.6 Å². The van der Waals surface area contributed by atoms with Crippen LogP contribution in [0.1, 0.15) is 18.5 Å². The van der Waals surface area contributed by atoms with Crippen molar-refractivity contribution in [1.29, 1.82) is 0 Å². The number of H-pyrrole nitrogens is 1. The van der Waals surface area contributed by atoms with Crippen molar-refractivity contribution in [3.8, 4) is 11.5 Å². The topological polar surface area (TPSA) is 77.3 Å². The van der Waals surface area contributed by atoms with Crippen LogP contribution in [0.4, 0.5) is 0 Å². The van der Waals surface area contributed by atoms with Crippen molar-refractivity contribution < 1.29 is 9.47 Å². The van der Waals surface area contributed by atoms with Crippen LogP contribution in [0.15, 0.2) is 23.0 Å². The van der Waals surface area contributed by atoms with Crippen molar-refractivity contribution in [2.45, 2.75) is 13.0 Å². The molecule has 0 aliphatic carbocycles. The number of nitrogens with one attached hydrogen (secondary N) is 1. The van der Waals surface area contributed by atoms with Crippen molar-refractivity contribution in [1.82, 2.24) is 4.98 Å². The second-order valence-electron chi connectivity index (χ2n) is 4.43. The summed E-state index contributed by atoms with van der Waals surface area (Å²) in [4.78, 5) is 14.7. The van der Waals surface area contributed by atoms with Crippen molar-refractivity contribution in [3.05, 3.63) is 34.1 Å². The van der Waals surface area contributed by atoms with Crippen LogP contribution in [-0.2, 0) is 0 Å². The van der Waals surface area contributed by atoms with E-state index < -0.39 is 0 Å². The van der Waals surface area contributed by atoms with Gasteiger partial charge in [-0.05, 0) is 19.1 Å². The minimum atomic E-state index is -0.300. The summed E-state index contributed by atoms with van der Waals surface area (Å²) >= 11 is 0. The molecule has 0 spiro atoms. The first-order chi connectivity index (χ1) is 8.65. The van der Waals surface area contributed by atoms with Crippen LogP contribution in [0.25, 0.3) is 10.9 Å². The highest BCUT2D eigenvalue weighted by Gasteiger charge is 2.14. The lowest BCUT2D eigenvalue weighted by molar-refractivity contribution is 0.172. The molecule has 0 fully saturated rings. The minimum Gasteiger partial charge on any atom is -0.486 e. The number of ether oxygens (including phenoxy) is 2. The number of nitrogens with two attached hydrogens (primary N) is 1. The maximum absolute atomic E-state index is 11.8. The number of aromatic amines is 1. The summed E-state index contributed by atoms with van der Waals surface area (Å²) in [6, 6.07) is 5.16. The molecule has 0 radical (unpaired) electrons. The Bertz CT molecular complexity index is 661. The number of hydrogen-bond donors (Lipinski definition) is 2. The van der Waals surface area contributed by atoms with Gasteiger partial charge in [-0.3, -0.25) is 4.79 Å². The van der Waals surface area contributed by atoms with Gasteiger partial charge >= 0.3 is 0 Å². The van der Waals surface area contributed by atoms with E-state index in [1.807, 2.05) is 6.07 Å². The lowest BCUT2D eigenvalue weighted by Crippen LogP contribution is -2.20. The van der Waals surface area contributed by atoms with Gasteiger partial charge in [-0.2, -0.15) is 0 Å². The summed E-state index contributed by atoms with van der Waals surface area (Å²) in [7, 11) is 0. The Balaban J connectivity index is 2.25. The smallest absolute Gasteiger partial charge is 0.253 e. The molecule has 3 N–H and O–H groups in total. The third-order valence-corrected chi connectivity index (χ3v) is 3.03. The highest BCUT2D eigenvalue weighted by atomic mass is 16.6. The van der Waals surface area contributed by atoms with E-state index in [0.29, 0.717) is 30.3 Å². The summed E-state index contributed by atoms with van der Waals surface area (Å²) in [5.41, 5.74) is 6.91. The Morgan fingerprint density at radius 3 is 2.56 bits per heavy atom. The maximum atomic E-state index is 11.8. The van der Waals surface area contributed by atoms with Gasteiger partial charge in [0.15, 0.2) is 11.5 Å². The summed E-state index contributed by atoms with van der Waals surface area (Å²) in [6.45, 7) is 2.86. The monoisotopic (exact) mass is 246 g/mol. The minimum absolute atomic E-state index is 0.158. The lowest BCUT2D eigenvalue weighted by Gasteiger charge is -2.19. The third-order valence-electron chi connectivity index (χ3n) is 3.03. The molecule has 2 heterocycles. The van der Waals surface area contributed by atoms with Gasteiger partial charge < -0.3 is 20.2 Å². The van der Waals surface area contributed by atoms with Crippen molar-refractivity contribution >= 4 is 10.9 Å². The van der Waals surface area contributed by atoms with E-state index in [1.165, 1.54) is 0 Å². The average molecular weight is 246 g/mol. The summed E-state index contributed by atoms with van der Waals surface area (Å²) in [5.74, 6) is 1.37. The number of aromatic nitrogens is 1. The van der Waals surface area contributed by atoms with E-state index in [2.05, 4.69) is 4.98 Å². The van der Waals surface area contributed by atoms with Crippen LogP contribution in [0.2, 0.25) is 0 Å². The van der Waals surface area contributed by atoms with Gasteiger partial charge in [0.1, 0.15) is 13.2 Å². The molecule has 1 unspecified atom stereocenters. The second-order valence-corrected chi connectivity index (χ2v) is 4.43. The van der Waals surface area contributed by atoms with Crippen LogP contribution >= 0.6 is 0 Å². The Hall–Kier alpha value is -2.01. The zero-order chi connectivity index (χ0) is 12.7. The van der Waals surface area contributed by atoms with Gasteiger partial charge in [-0.25, -0.2) is 0 Å². The number of rotatable bonds is 1. The molecular weight excluding hydrogens is 232 g/mol. The molecular formula is C13H14N2O3. The number of hydrogen-bond acceptors (Lipinski definition) is 4. The quantitative estimate of drug-likeness (QED) is 0.795. The predicted octanol–water partition coefficient (Wildman–Crippen LogP) is 1.32. The van der Waals surface area contributed by atoms with Gasteiger partial charge in [0.05, 0.1) is 5.52 Å². The van der Waals surface area contributed by atoms with Crippen LogP contribution < -0.4 is 20.8 Å². The van der Waals surface area contributed by atoms with Gasteiger partial charge in [0.2, 0.25) is 0 Å². The molecule has 0 amide bonds. The van der Waals surface area contributed by atoms with Crippen LogP contribution in [0.3, 0.4) is 0 Å². The fraction of sp³-hybridized carbons (Fsp3) is 0.308. The van der Waals surface area contributed by atoms with Crippen molar-refractivity contribution in [2.24, 2.45) is 5.73 Å². The molecule has 1 aliphatic heterocycles. The number of pyridine rings is 1. The third kappa shape index (κ3) is 1.73. The molecule has 5 heteroatoms. The number of fused-ring (bicyclic) bond motifs is 2. The van der Waals surface area contributed by atoms with Gasteiger partial charge in [-0.15, -0.1) is 0 Å². The summed E-state index contributed by atoms with van der Waals surface area (Å²) in [6.07, 6.45) is 0. The predicted molar refractivity (Wildman–Crippen MR) is 68.2 cm³/mol. The first-order valence-corrected chi connectivity index (χ1v) is 5.87. The normalized spacial score (nSPS) is 15.7. The van der Waals surface area contributed by atoms with Gasteiger partial charge in [-0.1, -0.05) is 0 Å². The molecule has 3 rings (SSSR count). The molecule has 18 heavy (non-hydrogen) atoms. The molecule has 2 aromatic rings. The molecule has 0 bridgehead atoms. The Morgan fingerprint density at radius 2 is 1.89 bits per heavy atom. The Kier molecular flexibility index (Phi) is 2.48. The first kappa shape index (κ1) is 11.1. The summed E-state index contributed by atoms with van der Waals surface area (Å²) in [5, 5.41) is 0.895. The molecule has 1 atom stereocenters. The van der Waals surface area contributed by atoms with Gasteiger partial charge in [0, 0.05) is 23.1 Å². The maximum Gasteiger partial charge on any atom is 0.253 e. The highest BCUT2D eigenvalue weighted by Crippen LogP contribution is 2.33. The van der Waals surface area contributed by atoms with Crippen LogP contribution in [0.5, 0.6) is 11.5 Å². The molecule has 1 aliphatic rings. The molecule has 0 saturated carbocycles. The fourth-order valence-corrected chi connectivity index (χ4v) is 2.10. The molecule has 1 aromatic heterocycles. The van der Waals surface area contributed by atoms with Crippen LogP contribution in [0, 0.1) is 0 Å². The molecule has 0 saturated heterocycles. The molecule has 1 aromatic carbocycles. The molecule has 5 nitrogen and oxygen atoms in total. The van der Waals surface area contributed by atoms with Gasteiger partial charge in [0.25, 0.3) is 5.56 Å². The van der Waals surface area contributed by atoms with Crippen molar-refractivity contribution in [2.75, 3.05) is 13.2 Å². The van der Waals surface area contributed by atoms with Crippen molar-refractivity contribution in [3.63, 3.8) is 0 Å².